The second kappa shape index (κ2) is 7.32. The van der Waals surface area contributed by atoms with Crippen molar-refractivity contribution in [3.63, 3.8) is 0 Å². The van der Waals surface area contributed by atoms with Gasteiger partial charge in [0.05, 0.1) is 15.5 Å². The zero-order valence-corrected chi connectivity index (χ0v) is 16.4. The Balaban J connectivity index is 1.78. The lowest BCUT2D eigenvalue weighted by atomic mass is 10.2. The Morgan fingerprint density at radius 3 is 2.59 bits per heavy atom. The van der Waals surface area contributed by atoms with E-state index in [0.29, 0.717) is 6.54 Å². The predicted octanol–water partition coefficient (Wildman–Crippen LogP) is 2.88. The summed E-state index contributed by atoms with van der Waals surface area (Å²) in [6, 6.07) is 11.3. The largest absolute Gasteiger partial charge is 0.449 e. The summed E-state index contributed by atoms with van der Waals surface area (Å²) in [7, 11) is -3.51. The topological polar surface area (TPSA) is 80.8 Å². The molecule has 0 aliphatic carbocycles. The minimum Gasteiger partial charge on any atom is -0.449 e. The third kappa shape index (κ3) is 3.99. The lowest BCUT2D eigenvalue weighted by Gasteiger charge is -2.22. The van der Waals surface area contributed by atoms with Gasteiger partial charge in [0.2, 0.25) is 0 Å². The first-order valence-corrected chi connectivity index (χ1v) is 10.6. The number of rotatable bonds is 4. The molecule has 0 N–H and O–H groups in total. The number of para-hydroxylation sites is 1. The molecule has 1 amide bonds. The van der Waals surface area contributed by atoms with E-state index < -0.39 is 21.9 Å². The summed E-state index contributed by atoms with van der Waals surface area (Å²) < 4.78 is 28.6. The first kappa shape index (κ1) is 19.4. The predicted molar refractivity (Wildman–Crippen MR) is 102 cm³/mol. The highest BCUT2D eigenvalue weighted by atomic mass is 35.5. The fourth-order valence-electron chi connectivity index (χ4n) is 2.95. The van der Waals surface area contributed by atoms with E-state index in [0.717, 1.165) is 30.0 Å². The number of carbonyl (C=O) groups excluding carboxylic acids is 2. The number of benzene rings is 2. The molecule has 2 aromatic rings. The molecule has 6 nitrogen and oxygen atoms in total. The Bertz CT molecular complexity index is 1020. The lowest BCUT2D eigenvalue weighted by molar-refractivity contribution is -0.126. The maximum absolute atomic E-state index is 12.7. The molecule has 27 heavy (non-hydrogen) atoms. The van der Waals surface area contributed by atoms with Crippen LogP contribution in [0.15, 0.2) is 47.4 Å². The van der Waals surface area contributed by atoms with Crippen LogP contribution in [0.25, 0.3) is 0 Å². The Morgan fingerprint density at radius 2 is 1.89 bits per heavy atom. The number of amides is 1. The Morgan fingerprint density at radius 1 is 1.19 bits per heavy atom. The number of esters is 1. The number of nitrogens with zero attached hydrogens (tertiary/aromatic N) is 1. The summed E-state index contributed by atoms with van der Waals surface area (Å²) in [6.45, 7) is 2.00. The van der Waals surface area contributed by atoms with Gasteiger partial charge in [-0.15, -0.1) is 0 Å². The molecule has 2 aromatic carbocycles. The van der Waals surface area contributed by atoms with Crippen molar-refractivity contribution in [2.24, 2.45) is 0 Å². The fourth-order valence-corrected chi connectivity index (χ4v) is 3.79. The Labute approximate surface area is 162 Å². The van der Waals surface area contributed by atoms with Gasteiger partial charge in [-0.2, -0.15) is 0 Å². The van der Waals surface area contributed by atoms with Crippen LogP contribution >= 0.6 is 11.6 Å². The molecule has 8 heteroatoms. The molecular formula is C19H18ClNO5S. The van der Waals surface area contributed by atoms with Crippen LogP contribution in [0.5, 0.6) is 0 Å². The first-order chi connectivity index (χ1) is 12.7. The number of anilines is 1. The standard InChI is InChI=1S/C19H18ClNO5S/c1-12(18(22)21-10-9-13-5-3-4-6-17(13)21)26-19(23)15-11-14(27(2,24)25)7-8-16(15)20/h3-8,11-12H,9-10H2,1-2H3/t12-/m0/s1. The number of ether oxygens (including phenoxy) is 1. The van der Waals surface area contributed by atoms with Crippen molar-refractivity contribution in [2.75, 3.05) is 17.7 Å². The zero-order valence-electron chi connectivity index (χ0n) is 14.8. The van der Waals surface area contributed by atoms with Crippen LogP contribution in [-0.4, -0.2) is 39.2 Å². The van der Waals surface area contributed by atoms with Gasteiger partial charge in [-0.1, -0.05) is 29.8 Å². The van der Waals surface area contributed by atoms with E-state index >= 15 is 0 Å². The normalized spacial score (nSPS) is 14.6. The van der Waals surface area contributed by atoms with Gasteiger partial charge >= 0.3 is 5.97 Å². The highest BCUT2D eigenvalue weighted by Crippen LogP contribution is 2.28. The van der Waals surface area contributed by atoms with Gasteiger partial charge in [0.1, 0.15) is 0 Å². The second-order valence-electron chi connectivity index (χ2n) is 6.33. The summed E-state index contributed by atoms with van der Waals surface area (Å²) >= 11 is 6.01. The lowest BCUT2D eigenvalue weighted by Crippen LogP contribution is -2.39. The van der Waals surface area contributed by atoms with E-state index in [4.69, 9.17) is 16.3 Å². The van der Waals surface area contributed by atoms with Crippen molar-refractivity contribution in [1.29, 1.82) is 0 Å². The van der Waals surface area contributed by atoms with Crippen LogP contribution in [0.1, 0.15) is 22.8 Å². The highest BCUT2D eigenvalue weighted by Gasteiger charge is 2.30. The van der Waals surface area contributed by atoms with E-state index in [9.17, 15) is 18.0 Å². The monoisotopic (exact) mass is 407 g/mol. The highest BCUT2D eigenvalue weighted by molar-refractivity contribution is 7.90. The van der Waals surface area contributed by atoms with E-state index in [1.54, 1.807) is 4.90 Å². The van der Waals surface area contributed by atoms with Crippen molar-refractivity contribution in [3.8, 4) is 0 Å². The van der Waals surface area contributed by atoms with Gasteiger partial charge in [-0.25, -0.2) is 13.2 Å². The Kier molecular flexibility index (Phi) is 5.26. The average molecular weight is 408 g/mol. The van der Waals surface area contributed by atoms with Gasteiger partial charge in [0, 0.05) is 18.5 Å². The molecular weight excluding hydrogens is 390 g/mol. The van der Waals surface area contributed by atoms with Crippen LogP contribution in [0.2, 0.25) is 5.02 Å². The maximum atomic E-state index is 12.7. The molecule has 1 aliphatic rings. The van der Waals surface area contributed by atoms with Gasteiger partial charge in [0.15, 0.2) is 15.9 Å². The van der Waals surface area contributed by atoms with E-state index in [1.165, 1.54) is 19.1 Å². The number of carbonyl (C=O) groups is 2. The van der Waals surface area contributed by atoms with Crippen molar-refractivity contribution in [2.45, 2.75) is 24.3 Å². The molecule has 0 bridgehead atoms. The summed E-state index contributed by atoms with van der Waals surface area (Å²) in [5.74, 6) is -1.19. The molecule has 0 saturated heterocycles. The minimum absolute atomic E-state index is 0.0497. The van der Waals surface area contributed by atoms with Crippen molar-refractivity contribution in [1.82, 2.24) is 0 Å². The van der Waals surface area contributed by atoms with Crippen molar-refractivity contribution in [3.05, 3.63) is 58.6 Å². The third-order valence-electron chi connectivity index (χ3n) is 4.37. The van der Waals surface area contributed by atoms with Gasteiger partial charge in [-0.3, -0.25) is 4.79 Å². The number of hydrogen-bond acceptors (Lipinski definition) is 5. The molecule has 142 valence electrons. The molecule has 0 fully saturated rings. The number of sulfone groups is 1. The fraction of sp³-hybridized carbons (Fsp3) is 0.263. The summed E-state index contributed by atoms with van der Waals surface area (Å²) in [5.41, 5.74) is 1.77. The summed E-state index contributed by atoms with van der Waals surface area (Å²) in [4.78, 5) is 26.7. The van der Waals surface area contributed by atoms with E-state index in [-0.39, 0.29) is 21.4 Å². The summed E-state index contributed by atoms with van der Waals surface area (Å²) in [5, 5.41) is 0.0542. The van der Waals surface area contributed by atoms with Crippen molar-refractivity contribution < 1.29 is 22.7 Å². The molecule has 1 atom stereocenters. The molecule has 3 rings (SSSR count). The molecule has 0 aromatic heterocycles. The van der Waals surface area contributed by atoms with Crippen LogP contribution in [0.4, 0.5) is 5.69 Å². The quantitative estimate of drug-likeness (QED) is 0.728. The van der Waals surface area contributed by atoms with Crippen LogP contribution in [-0.2, 0) is 25.8 Å². The maximum Gasteiger partial charge on any atom is 0.340 e. The number of hydrogen-bond donors (Lipinski definition) is 0. The summed E-state index contributed by atoms with van der Waals surface area (Å²) in [6.07, 6.45) is 0.731. The van der Waals surface area contributed by atoms with E-state index in [1.807, 2.05) is 24.3 Å². The van der Waals surface area contributed by atoms with Gasteiger partial charge in [0.25, 0.3) is 5.91 Å². The minimum atomic E-state index is -3.51. The number of halogens is 1. The molecule has 0 unspecified atom stereocenters. The molecule has 0 spiro atoms. The molecule has 1 heterocycles. The Hall–Kier alpha value is -2.38. The zero-order chi connectivity index (χ0) is 19.8. The first-order valence-electron chi connectivity index (χ1n) is 8.28. The molecule has 1 aliphatic heterocycles. The number of fused-ring (bicyclic) bond motifs is 1. The third-order valence-corrected chi connectivity index (χ3v) is 5.81. The van der Waals surface area contributed by atoms with Gasteiger partial charge < -0.3 is 9.64 Å². The van der Waals surface area contributed by atoms with Crippen LogP contribution < -0.4 is 4.90 Å². The molecule has 0 saturated carbocycles. The molecule has 0 radical (unpaired) electrons. The van der Waals surface area contributed by atoms with E-state index in [2.05, 4.69) is 0 Å². The average Bonchev–Trinajstić information content (AvgIpc) is 3.04. The van der Waals surface area contributed by atoms with Crippen LogP contribution in [0, 0.1) is 0 Å². The van der Waals surface area contributed by atoms with Crippen LogP contribution in [0.3, 0.4) is 0 Å². The smallest absolute Gasteiger partial charge is 0.340 e. The SMILES string of the molecule is C[C@H](OC(=O)c1cc(S(C)(=O)=O)ccc1Cl)C(=O)N1CCc2ccccc21. The van der Waals surface area contributed by atoms with Gasteiger partial charge in [-0.05, 0) is 43.2 Å². The second-order valence-corrected chi connectivity index (χ2v) is 8.75. The van der Waals surface area contributed by atoms with Crippen molar-refractivity contribution >= 4 is 39.0 Å².